The zero-order chi connectivity index (χ0) is 14.1. The molecule has 0 atom stereocenters. The second kappa shape index (κ2) is 5.22. The minimum atomic E-state index is -0.966. The number of aromatic amines is 1. The van der Waals surface area contributed by atoms with Crippen molar-refractivity contribution < 1.29 is 9.90 Å². The molecule has 0 unspecified atom stereocenters. The number of halogens is 1. The van der Waals surface area contributed by atoms with E-state index >= 15 is 0 Å². The summed E-state index contributed by atoms with van der Waals surface area (Å²) >= 11 is 4.67. The van der Waals surface area contributed by atoms with Crippen LogP contribution >= 0.6 is 27.7 Å². The molecule has 100 valence electrons. The average molecular weight is 351 g/mol. The summed E-state index contributed by atoms with van der Waals surface area (Å²) in [5.74, 6) is -0.966. The number of H-pyrrole nitrogens is 1. The van der Waals surface area contributed by atoms with Crippen molar-refractivity contribution in [2.24, 2.45) is 0 Å². The maximum Gasteiger partial charge on any atom is 0.336 e. The molecule has 6 nitrogen and oxygen atoms in total. The van der Waals surface area contributed by atoms with E-state index in [2.05, 4.69) is 35.9 Å². The van der Waals surface area contributed by atoms with Gasteiger partial charge >= 0.3 is 5.97 Å². The van der Waals surface area contributed by atoms with Gasteiger partial charge in [-0.1, -0.05) is 11.8 Å². The fourth-order valence-electron chi connectivity index (χ4n) is 1.66. The second-order valence-corrected chi connectivity index (χ2v) is 5.75. The Morgan fingerprint density at radius 2 is 2.15 bits per heavy atom. The number of carboxylic acids is 1. The lowest BCUT2D eigenvalue weighted by Crippen LogP contribution is -1.97. The molecule has 3 aromatic rings. The van der Waals surface area contributed by atoms with Gasteiger partial charge in [-0.2, -0.15) is 0 Å². The molecule has 20 heavy (non-hydrogen) atoms. The summed E-state index contributed by atoms with van der Waals surface area (Å²) in [6, 6.07) is 5.04. The van der Waals surface area contributed by atoms with Crippen molar-refractivity contribution in [3.8, 4) is 0 Å². The third kappa shape index (κ3) is 2.39. The van der Waals surface area contributed by atoms with Gasteiger partial charge in [-0.25, -0.2) is 19.7 Å². The minimum Gasteiger partial charge on any atom is -0.478 e. The van der Waals surface area contributed by atoms with Crippen LogP contribution in [0.25, 0.3) is 11.2 Å². The Hall–Kier alpha value is -1.93. The number of hydrogen-bond donors (Lipinski definition) is 2. The van der Waals surface area contributed by atoms with E-state index in [4.69, 9.17) is 5.11 Å². The molecule has 2 heterocycles. The largest absolute Gasteiger partial charge is 0.478 e. The molecule has 0 amide bonds. The van der Waals surface area contributed by atoms with Crippen molar-refractivity contribution in [3.63, 3.8) is 0 Å². The normalized spacial score (nSPS) is 10.8. The van der Waals surface area contributed by atoms with E-state index in [1.807, 2.05) is 0 Å². The number of hydrogen-bond acceptors (Lipinski definition) is 5. The number of nitrogens with zero attached hydrogens (tertiary/aromatic N) is 3. The number of fused-ring (bicyclic) bond motifs is 1. The Balaban J connectivity index is 1.97. The van der Waals surface area contributed by atoms with E-state index < -0.39 is 5.97 Å². The van der Waals surface area contributed by atoms with Crippen molar-refractivity contribution in [2.75, 3.05) is 0 Å². The molecule has 1 aromatic carbocycles. The molecule has 0 bridgehead atoms. The minimum absolute atomic E-state index is 0.226. The molecule has 2 N–H and O–H groups in total. The van der Waals surface area contributed by atoms with Gasteiger partial charge in [-0.05, 0) is 34.1 Å². The van der Waals surface area contributed by atoms with E-state index in [-0.39, 0.29) is 5.56 Å². The van der Waals surface area contributed by atoms with E-state index in [0.717, 1.165) is 15.4 Å². The summed E-state index contributed by atoms with van der Waals surface area (Å²) in [5, 5.41) is 9.73. The molecule has 0 spiro atoms. The molecule has 0 aliphatic rings. The van der Waals surface area contributed by atoms with Crippen molar-refractivity contribution in [1.29, 1.82) is 0 Å². The van der Waals surface area contributed by atoms with Gasteiger partial charge in [0, 0.05) is 9.37 Å². The van der Waals surface area contributed by atoms with Gasteiger partial charge in [0.25, 0.3) is 0 Å². The highest BCUT2D eigenvalue weighted by atomic mass is 79.9. The Labute approximate surface area is 125 Å². The molecule has 0 radical (unpaired) electrons. The van der Waals surface area contributed by atoms with E-state index in [9.17, 15) is 4.79 Å². The zero-order valence-electron chi connectivity index (χ0n) is 9.87. The Bertz CT molecular complexity index is 805. The standard InChI is InChI=1S/C12H7BrN4O2S/c13-8-3-6(1-2-7(8)12(18)19)20-11-9-10(15-4-14-9)16-5-17-11/h1-5H,(H,18,19)(H,14,15,16,17). The molecular formula is C12H7BrN4O2S. The topological polar surface area (TPSA) is 91.8 Å². The van der Waals surface area contributed by atoms with Gasteiger partial charge in [0.05, 0.1) is 11.9 Å². The monoisotopic (exact) mass is 350 g/mol. The fraction of sp³-hybridized carbons (Fsp3) is 0. The zero-order valence-corrected chi connectivity index (χ0v) is 12.3. The lowest BCUT2D eigenvalue weighted by Gasteiger charge is -2.04. The van der Waals surface area contributed by atoms with E-state index in [1.54, 1.807) is 24.5 Å². The maximum absolute atomic E-state index is 11.0. The van der Waals surface area contributed by atoms with Crippen molar-refractivity contribution in [2.45, 2.75) is 9.92 Å². The van der Waals surface area contributed by atoms with Crippen LogP contribution in [0.15, 0.2) is 45.2 Å². The number of aromatic nitrogens is 4. The summed E-state index contributed by atoms with van der Waals surface area (Å²) in [7, 11) is 0. The summed E-state index contributed by atoms with van der Waals surface area (Å²) in [6.07, 6.45) is 3.01. The van der Waals surface area contributed by atoms with Gasteiger partial charge in [-0.15, -0.1) is 0 Å². The molecule has 0 saturated carbocycles. The molecule has 0 aliphatic heterocycles. The van der Waals surface area contributed by atoms with E-state index in [1.165, 1.54) is 18.1 Å². The van der Waals surface area contributed by atoms with E-state index in [0.29, 0.717) is 10.1 Å². The number of carboxylic acid groups (broad SMARTS) is 1. The summed E-state index contributed by atoms with van der Waals surface area (Å²) in [5.41, 5.74) is 1.59. The Morgan fingerprint density at radius 3 is 2.90 bits per heavy atom. The Morgan fingerprint density at radius 1 is 1.30 bits per heavy atom. The Kier molecular flexibility index (Phi) is 3.41. The predicted molar refractivity (Wildman–Crippen MR) is 76.9 cm³/mol. The van der Waals surface area contributed by atoms with Crippen LogP contribution in [0.3, 0.4) is 0 Å². The SMILES string of the molecule is O=C(O)c1ccc(Sc2ncnc3nc[nH]c23)cc1Br. The molecule has 8 heteroatoms. The predicted octanol–water partition coefficient (Wildman–Crippen LogP) is 2.96. The molecule has 0 aliphatic carbocycles. The van der Waals surface area contributed by atoms with Gasteiger partial charge in [0.2, 0.25) is 0 Å². The van der Waals surface area contributed by atoms with Crippen molar-refractivity contribution in [1.82, 2.24) is 19.9 Å². The van der Waals surface area contributed by atoms with Crippen LogP contribution in [0.5, 0.6) is 0 Å². The lowest BCUT2D eigenvalue weighted by atomic mass is 10.2. The second-order valence-electron chi connectivity index (χ2n) is 3.83. The van der Waals surface area contributed by atoms with Gasteiger partial charge in [0.15, 0.2) is 5.65 Å². The first kappa shape index (κ1) is 13.1. The summed E-state index contributed by atoms with van der Waals surface area (Å²) < 4.78 is 0.532. The van der Waals surface area contributed by atoms with Crippen LogP contribution < -0.4 is 0 Å². The van der Waals surface area contributed by atoms with Crippen LogP contribution in [0, 0.1) is 0 Å². The highest BCUT2D eigenvalue weighted by Crippen LogP contribution is 2.32. The molecule has 3 rings (SSSR count). The highest BCUT2D eigenvalue weighted by Gasteiger charge is 2.11. The molecule has 0 saturated heterocycles. The van der Waals surface area contributed by atoms with Crippen molar-refractivity contribution >= 4 is 44.8 Å². The number of nitrogens with one attached hydrogen (secondary N) is 1. The number of carbonyl (C=O) groups is 1. The third-order valence-corrected chi connectivity index (χ3v) is 4.22. The average Bonchev–Trinajstić information content (AvgIpc) is 2.87. The highest BCUT2D eigenvalue weighted by molar-refractivity contribution is 9.10. The third-order valence-electron chi connectivity index (χ3n) is 2.57. The number of rotatable bonds is 3. The lowest BCUT2D eigenvalue weighted by molar-refractivity contribution is 0.0696. The number of aromatic carboxylic acids is 1. The smallest absolute Gasteiger partial charge is 0.336 e. The molecular weight excluding hydrogens is 344 g/mol. The van der Waals surface area contributed by atoms with Crippen LogP contribution in [-0.2, 0) is 0 Å². The van der Waals surface area contributed by atoms with Crippen LogP contribution in [0.1, 0.15) is 10.4 Å². The van der Waals surface area contributed by atoms with Crippen molar-refractivity contribution in [3.05, 3.63) is 40.9 Å². The van der Waals surface area contributed by atoms with Crippen LogP contribution in [0.2, 0.25) is 0 Å². The first-order valence-corrected chi connectivity index (χ1v) is 7.11. The van der Waals surface area contributed by atoms with Gasteiger partial charge in [0.1, 0.15) is 16.9 Å². The molecule has 0 fully saturated rings. The number of imidazole rings is 1. The molecule has 2 aromatic heterocycles. The quantitative estimate of drug-likeness (QED) is 0.705. The van der Waals surface area contributed by atoms with Crippen LogP contribution in [-0.4, -0.2) is 31.0 Å². The summed E-state index contributed by atoms with van der Waals surface area (Å²) in [6.45, 7) is 0. The fourth-order valence-corrected chi connectivity index (χ4v) is 3.25. The van der Waals surface area contributed by atoms with Gasteiger partial charge in [-0.3, -0.25) is 0 Å². The van der Waals surface area contributed by atoms with Crippen LogP contribution in [0.4, 0.5) is 0 Å². The summed E-state index contributed by atoms with van der Waals surface area (Å²) in [4.78, 5) is 27.1. The first-order chi connectivity index (χ1) is 9.65. The first-order valence-electron chi connectivity index (χ1n) is 5.50. The van der Waals surface area contributed by atoms with Gasteiger partial charge < -0.3 is 10.1 Å². The number of benzene rings is 1. The maximum atomic E-state index is 11.0.